The Hall–Kier alpha value is -2.74. The van der Waals surface area contributed by atoms with E-state index >= 15 is 0 Å². The Labute approximate surface area is 190 Å². The molecule has 5 nitrogen and oxygen atoms in total. The molecule has 150 valence electrons. The summed E-state index contributed by atoms with van der Waals surface area (Å²) in [4.78, 5) is 13.6. The van der Waals surface area contributed by atoms with Crippen molar-refractivity contribution in [2.24, 2.45) is 5.10 Å². The molecule has 2 aromatic carbocycles. The second-order valence-corrected chi connectivity index (χ2v) is 8.48. The molecule has 2 heterocycles. The number of hydrogen-bond acceptors (Lipinski definition) is 4. The normalized spacial score (nSPS) is 11.1. The number of nitrogens with zero attached hydrogens (tertiary/aromatic N) is 2. The third-order valence-corrected chi connectivity index (χ3v) is 6.19. The number of carbonyl (C=O) groups is 1. The Balaban J connectivity index is 1.44. The van der Waals surface area contributed by atoms with E-state index in [-0.39, 0.29) is 5.91 Å². The van der Waals surface area contributed by atoms with E-state index in [0.29, 0.717) is 21.4 Å². The predicted octanol–water partition coefficient (Wildman–Crippen LogP) is 6.40. The summed E-state index contributed by atoms with van der Waals surface area (Å²) in [6, 6.07) is 20.4. The molecule has 0 saturated carbocycles. The van der Waals surface area contributed by atoms with E-state index in [1.165, 1.54) is 18.0 Å². The SMILES string of the molecule is O=C(N/N=C/c1cc(Br)c(Sc2ccc(Cl)cc2)o1)c1ccccc1-n1cccc1. The molecule has 0 radical (unpaired) electrons. The molecule has 0 atom stereocenters. The summed E-state index contributed by atoms with van der Waals surface area (Å²) in [7, 11) is 0. The van der Waals surface area contributed by atoms with Crippen molar-refractivity contribution in [2.45, 2.75) is 9.99 Å². The van der Waals surface area contributed by atoms with E-state index in [1.807, 2.05) is 71.6 Å². The third kappa shape index (κ3) is 4.87. The average molecular weight is 501 g/mol. The Morgan fingerprint density at radius 1 is 1.10 bits per heavy atom. The highest BCUT2D eigenvalue weighted by molar-refractivity contribution is 9.10. The summed E-state index contributed by atoms with van der Waals surface area (Å²) in [5.74, 6) is 0.203. The van der Waals surface area contributed by atoms with Gasteiger partial charge >= 0.3 is 0 Å². The van der Waals surface area contributed by atoms with Crippen LogP contribution in [0.3, 0.4) is 0 Å². The Morgan fingerprint density at radius 3 is 2.60 bits per heavy atom. The van der Waals surface area contributed by atoms with Gasteiger partial charge in [0.25, 0.3) is 5.91 Å². The number of nitrogens with one attached hydrogen (secondary N) is 1. The maximum atomic E-state index is 12.6. The highest BCUT2D eigenvalue weighted by Gasteiger charge is 2.12. The third-order valence-electron chi connectivity index (χ3n) is 4.09. The maximum Gasteiger partial charge on any atom is 0.273 e. The highest BCUT2D eigenvalue weighted by Crippen LogP contribution is 2.35. The number of halogens is 2. The average Bonchev–Trinajstić information content (AvgIpc) is 3.40. The van der Waals surface area contributed by atoms with Crippen molar-refractivity contribution in [3.63, 3.8) is 0 Å². The molecule has 1 N–H and O–H groups in total. The molecule has 0 aliphatic carbocycles. The smallest absolute Gasteiger partial charge is 0.273 e. The molecule has 4 aromatic rings. The molecule has 30 heavy (non-hydrogen) atoms. The summed E-state index contributed by atoms with van der Waals surface area (Å²) >= 11 is 10.9. The maximum absolute atomic E-state index is 12.6. The van der Waals surface area contributed by atoms with Crippen molar-refractivity contribution < 1.29 is 9.21 Å². The van der Waals surface area contributed by atoms with Gasteiger partial charge in [0.2, 0.25) is 0 Å². The zero-order valence-corrected chi connectivity index (χ0v) is 18.6. The lowest BCUT2D eigenvalue weighted by Crippen LogP contribution is -2.19. The summed E-state index contributed by atoms with van der Waals surface area (Å²) < 4.78 is 8.47. The van der Waals surface area contributed by atoms with E-state index in [1.54, 1.807) is 12.1 Å². The number of aromatic nitrogens is 1. The van der Waals surface area contributed by atoms with E-state index in [4.69, 9.17) is 16.0 Å². The lowest BCUT2D eigenvalue weighted by molar-refractivity contribution is 0.0955. The van der Waals surface area contributed by atoms with Crippen LogP contribution >= 0.6 is 39.3 Å². The quantitative estimate of drug-likeness (QED) is 0.246. The van der Waals surface area contributed by atoms with Gasteiger partial charge in [-0.05, 0) is 64.5 Å². The number of hydrogen-bond donors (Lipinski definition) is 1. The van der Waals surface area contributed by atoms with E-state index in [9.17, 15) is 4.79 Å². The lowest BCUT2D eigenvalue weighted by atomic mass is 10.1. The molecule has 0 fully saturated rings. The number of amides is 1. The van der Waals surface area contributed by atoms with Crippen molar-refractivity contribution >= 4 is 51.4 Å². The molecule has 0 spiro atoms. The molecule has 0 bridgehead atoms. The summed E-state index contributed by atoms with van der Waals surface area (Å²) in [5, 5.41) is 5.40. The number of para-hydroxylation sites is 1. The molecular weight excluding hydrogens is 486 g/mol. The number of carbonyl (C=O) groups excluding carboxylic acids is 1. The van der Waals surface area contributed by atoms with Crippen LogP contribution in [0, 0.1) is 0 Å². The molecule has 0 aliphatic rings. The van der Waals surface area contributed by atoms with Gasteiger partial charge in [0.05, 0.1) is 21.9 Å². The molecule has 0 aliphatic heterocycles. The zero-order chi connectivity index (χ0) is 20.9. The summed E-state index contributed by atoms with van der Waals surface area (Å²) in [6.07, 6.45) is 5.23. The fraction of sp³-hybridized carbons (Fsp3) is 0. The minimum absolute atomic E-state index is 0.308. The highest BCUT2D eigenvalue weighted by atomic mass is 79.9. The number of furan rings is 1. The van der Waals surface area contributed by atoms with Gasteiger partial charge in [0, 0.05) is 28.4 Å². The summed E-state index contributed by atoms with van der Waals surface area (Å²) in [6.45, 7) is 0. The second-order valence-electron chi connectivity index (χ2n) is 6.15. The minimum Gasteiger partial charge on any atom is -0.447 e. The van der Waals surface area contributed by atoms with Crippen LogP contribution in [0.1, 0.15) is 16.1 Å². The Kier molecular flexibility index (Phi) is 6.42. The van der Waals surface area contributed by atoms with Gasteiger partial charge in [-0.1, -0.05) is 35.5 Å². The molecule has 0 saturated heterocycles. The van der Waals surface area contributed by atoms with Crippen molar-refractivity contribution in [2.75, 3.05) is 0 Å². The molecule has 0 unspecified atom stereocenters. The number of benzene rings is 2. The first-order chi connectivity index (χ1) is 14.6. The molecule has 1 amide bonds. The standard InChI is InChI=1S/C22H15BrClN3O2S/c23-19-13-16(29-22(19)30-17-9-7-15(24)8-10-17)14-25-26-21(28)18-5-1-2-6-20(18)27-11-3-4-12-27/h1-14H,(H,26,28)/b25-14+. The van der Waals surface area contributed by atoms with Gasteiger partial charge in [-0.15, -0.1) is 0 Å². The van der Waals surface area contributed by atoms with Gasteiger partial charge in [0.15, 0.2) is 5.09 Å². The van der Waals surface area contributed by atoms with Gasteiger partial charge in [-0.3, -0.25) is 4.79 Å². The van der Waals surface area contributed by atoms with Gasteiger partial charge in [0.1, 0.15) is 5.76 Å². The first-order valence-electron chi connectivity index (χ1n) is 8.89. The van der Waals surface area contributed by atoms with Crippen LogP contribution in [0.5, 0.6) is 0 Å². The van der Waals surface area contributed by atoms with Crippen LogP contribution in [-0.2, 0) is 0 Å². The van der Waals surface area contributed by atoms with Crippen LogP contribution in [0.2, 0.25) is 5.02 Å². The van der Waals surface area contributed by atoms with Crippen molar-refractivity contribution in [1.29, 1.82) is 0 Å². The molecular formula is C22H15BrClN3O2S. The van der Waals surface area contributed by atoms with Crippen LogP contribution in [0.25, 0.3) is 5.69 Å². The summed E-state index contributed by atoms with van der Waals surface area (Å²) in [5.41, 5.74) is 3.85. The first kappa shape index (κ1) is 20.5. The predicted molar refractivity (Wildman–Crippen MR) is 123 cm³/mol. The van der Waals surface area contributed by atoms with Crippen LogP contribution in [-0.4, -0.2) is 16.7 Å². The molecule has 2 aromatic heterocycles. The zero-order valence-electron chi connectivity index (χ0n) is 15.5. The van der Waals surface area contributed by atoms with E-state index < -0.39 is 0 Å². The van der Waals surface area contributed by atoms with Gasteiger partial charge in [-0.2, -0.15) is 5.10 Å². The van der Waals surface area contributed by atoms with Gasteiger partial charge < -0.3 is 8.98 Å². The van der Waals surface area contributed by atoms with Crippen LogP contribution in [0.15, 0.2) is 103 Å². The minimum atomic E-state index is -0.308. The van der Waals surface area contributed by atoms with Crippen molar-refractivity contribution in [3.8, 4) is 5.69 Å². The van der Waals surface area contributed by atoms with E-state index in [2.05, 4.69) is 26.5 Å². The fourth-order valence-electron chi connectivity index (χ4n) is 2.71. The monoisotopic (exact) mass is 499 g/mol. The first-order valence-corrected chi connectivity index (χ1v) is 10.9. The van der Waals surface area contributed by atoms with Crippen molar-refractivity contribution in [1.82, 2.24) is 9.99 Å². The van der Waals surface area contributed by atoms with Gasteiger partial charge in [-0.25, -0.2) is 5.43 Å². The fourth-order valence-corrected chi connectivity index (χ4v) is 4.17. The molecule has 8 heteroatoms. The van der Waals surface area contributed by atoms with E-state index in [0.717, 1.165) is 15.1 Å². The molecule has 4 rings (SSSR count). The Morgan fingerprint density at radius 2 is 1.83 bits per heavy atom. The second kappa shape index (κ2) is 9.38. The van der Waals surface area contributed by atoms with Crippen LogP contribution in [0.4, 0.5) is 0 Å². The Bertz CT molecular complexity index is 1190. The van der Waals surface area contributed by atoms with Crippen molar-refractivity contribution in [3.05, 3.63) is 99.9 Å². The topological polar surface area (TPSA) is 59.5 Å². The lowest BCUT2D eigenvalue weighted by Gasteiger charge is -2.08. The van der Waals surface area contributed by atoms with Crippen LogP contribution < -0.4 is 5.43 Å². The number of rotatable bonds is 6. The largest absolute Gasteiger partial charge is 0.447 e. The number of hydrazone groups is 1.